The Kier molecular flexibility index (Phi) is 5.21. The van der Waals surface area contributed by atoms with Gasteiger partial charge in [0.05, 0.1) is 17.4 Å². The van der Waals surface area contributed by atoms with Crippen LogP contribution in [0.2, 0.25) is 0 Å². The second-order valence-corrected chi connectivity index (χ2v) is 6.59. The quantitative estimate of drug-likeness (QED) is 0.867. The average molecular weight is 326 g/mol. The second kappa shape index (κ2) is 6.33. The van der Waals surface area contributed by atoms with Gasteiger partial charge >= 0.3 is 12.3 Å². The van der Waals surface area contributed by atoms with Crippen molar-refractivity contribution in [3.8, 4) is 5.75 Å². The molecule has 0 heterocycles. The van der Waals surface area contributed by atoms with E-state index in [4.69, 9.17) is 5.11 Å². The molecule has 0 aromatic heterocycles. The minimum atomic E-state index is -4.81. The van der Waals surface area contributed by atoms with Crippen molar-refractivity contribution < 1.29 is 36.2 Å². The highest BCUT2D eigenvalue weighted by Crippen LogP contribution is 2.23. The lowest BCUT2D eigenvalue weighted by Gasteiger charge is -2.10. The molecule has 9 heteroatoms. The third-order valence-electron chi connectivity index (χ3n) is 2.47. The second-order valence-electron chi connectivity index (χ2n) is 4.49. The van der Waals surface area contributed by atoms with E-state index in [1.54, 1.807) is 0 Å². The normalized spacial score (nSPS) is 13.7. The predicted octanol–water partition coefficient (Wildman–Crippen LogP) is 2.22. The topological polar surface area (TPSA) is 80.7 Å². The summed E-state index contributed by atoms with van der Waals surface area (Å²) in [5.41, 5.74) is 0.252. The van der Waals surface area contributed by atoms with Gasteiger partial charge in [0.25, 0.3) is 0 Å². The Hall–Kier alpha value is -1.77. The number of carbonyl (C=O) groups is 1. The Balaban J connectivity index is 2.73. The largest absolute Gasteiger partial charge is 0.573 e. The van der Waals surface area contributed by atoms with Crippen molar-refractivity contribution in [3.05, 3.63) is 29.8 Å². The van der Waals surface area contributed by atoms with Crippen molar-refractivity contribution in [1.29, 1.82) is 0 Å². The summed E-state index contributed by atoms with van der Waals surface area (Å²) in [6.45, 7) is 1.26. The standard InChI is InChI=1S/C12H13F3O5S/c1-8(11(16)17)6-21(18,19)7-9-2-4-10(5-3-9)20-12(13,14)15/h2-5,8H,6-7H2,1H3,(H,16,17). The van der Waals surface area contributed by atoms with Crippen molar-refractivity contribution in [2.75, 3.05) is 5.75 Å². The lowest BCUT2D eigenvalue weighted by Crippen LogP contribution is -2.22. The third-order valence-corrected chi connectivity index (χ3v) is 4.25. The van der Waals surface area contributed by atoms with Crippen molar-refractivity contribution in [1.82, 2.24) is 0 Å². The molecule has 5 nitrogen and oxygen atoms in total. The summed E-state index contributed by atoms with van der Waals surface area (Å²) in [4.78, 5) is 10.6. The summed E-state index contributed by atoms with van der Waals surface area (Å²) in [7, 11) is -3.67. The highest BCUT2D eigenvalue weighted by atomic mass is 32.2. The van der Waals surface area contributed by atoms with Crippen LogP contribution in [0.25, 0.3) is 0 Å². The number of sulfone groups is 1. The van der Waals surface area contributed by atoms with Gasteiger partial charge in [0.1, 0.15) is 5.75 Å². The minimum absolute atomic E-state index is 0.252. The fraction of sp³-hybridized carbons (Fsp3) is 0.417. The van der Waals surface area contributed by atoms with E-state index in [9.17, 15) is 26.4 Å². The van der Waals surface area contributed by atoms with Crippen LogP contribution >= 0.6 is 0 Å². The first-order chi connectivity index (χ1) is 9.48. The molecule has 0 spiro atoms. The van der Waals surface area contributed by atoms with Crippen LogP contribution < -0.4 is 4.74 Å². The zero-order valence-electron chi connectivity index (χ0n) is 10.9. The molecule has 0 bridgehead atoms. The number of carboxylic acids is 1. The smallest absolute Gasteiger partial charge is 0.481 e. The molecule has 1 aromatic rings. The lowest BCUT2D eigenvalue weighted by molar-refractivity contribution is -0.274. The molecule has 118 valence electrons. The van der Waals surface area contributed by atoms with Crippen molar-refractivity contribution >= 4 is 15.8 Å². The monoisotopic (exact) mass is 326 g/mol. The maximum absolute atomic E-state index is 12.0. The van der Waals surface area contributed by atoms with E-state index in [2.05, 4.69) is 4.74 Å². The number of halogens is 3. The molecule has 1 unspecified atom stereocenters. The summed E-state index contributed by atoms with van der Waals surface area (Å²) in [5.74, 6) is -3.72. The highest BCUT2D eigenvalue weighted by Gasteiger charge is 2.31. The Morgan fingerprint density at radius 3 is 2.24 bits per heavy atom. The van der Waals surface area contributed by atoms with Crippen LogP contribution in [0, 0.1) is 5.92 Å². The van der Waals surface area contributed by atoms with Gasteiger partial charge in [-0.1, -0.05) is 19.1 Å². The Morgan fingerprint density at radius 1 is 1.29 bits per heavy atom. The van der Waals surface area contributed by atoms with Crippen molar-refractivity contribution in [2.45, 2.75) is 19.0 Å². The van der Waals surface area contributed by atoms with Gasteiger partial charge in [-0.15, -0.1) is 13.2 Å². The Morgan fingerprint density at radius 2 is 1.81 bits per heavy atom. The molecule has 1 N–H and O–H groups in total. The van der Waals surface area contributed by atoms with E-state index >= 15 is 0 Å². The summed E-state index contributed by atoms with van der Waals surface area (Å²) >= 11 is 0. The van der Waals surface area contributed by atoms with Gasteiger partial charge in [-0.2, -0.15) is 0 Å². The van der Waals surface area contributed by atoms with Crippen molar-refractivity contribution in [3.63, 3.8) is 0 Å². The number of hydrogen-bond donors (Lipinski definition) is 1. The number of rotatable bonds is 6. The molecule has 0 fully saturated rings. The van der Waals surface area contributed by atoms with E-state index < -0.39 is 45.3 Å². The van der Waals surface area contributed by atoms with Gasteiger partial charge in [-0.3, -0.25) is 4.79 Å². The maximum atomic E-state index is 12.0. The third kappa shape index (κ3) is 6.48. The zero-order chi connectivity index (χ0) is 16.3. The van der Waals surface area contributed by atoms with Gasteiger partial charge in [0.2, 0.25) is 0 Å². The van der Waals surface area contributed by atoms with E-state index in [0.717, 1.165) is 12.1 Å². The molecular weight excluding hydrogens is 313 g/mol. The molecule has 1 rings (SSSR count). The fourth-order valence-electron chi connectivity index (χ4n) is 1.55. The molecule has 0 radical (unpaired) electrons. The van der Waals surface area contributed by atoms with Crippen molar-refractivity contribution in [2.24, 2.45) is 5.92 Å². The van der Waals surface area contributed by atoms with E-state index in [0.29, 0.717) is 0 Å². The number of alkyl halides is 3. The molecule has 0 saturated heterocycles. The van der Waals surface area contributed by atoms with Crippen LogP contribution in [0.5, 0.6) is 5.75 Å². The van der Waals surface area contributed by atoms with Gasteiger partial charge in [0.15, 0.2) is 9.84 Å². The molecular formula is C12H13F3O5S. The zero-order valence-corrected chi connectivity index (χ0v) is 11.7. The minimum Gasteiger partial charge on any atom is -0.481 e. The number of hydrogen-bond acceptors (Lipinski definition) is 4. The predicted molar refractivity (Wildman–Crippen MR) is 67.4 cm³/mol. The van der Waals surface area contributed by atoms with Crippen LogP contribution in [0.4, 0.5) is 13.2 Å². The summed E-state index contributed by atoms with van der Waals surface area (Å²) in [6.07, 6.45) is -4.81. The SMILES string of the molecule is CC(CS(=O)(=O)Cc1ccc(OC(F)(F)F)cc1)C(=O)O. The summed E-state index contributed by atoms with van der Waals surface area (Å²) in [6, 6.07) is 4.37. The Bertz CT molecular complexity index is 592. The first-order valence-electron chi connectivity index (χ1n) is 5.76. The number of carboxylic acid groups (broad SMARTS) is 1. The first kappa shape index (κ1) is 17.3. The molecule has 21 heavy (non-hydrogen) atoms. The fourth-order valence-corrected chi connectivity index (χ4v) is 3.27. The highest BCUT2D eigenvalue weighted by molar-refractivity contribution is 7.90. The van der Waals surface area contributed by atoms with Crippen LogP contribution in [-0.2, 0) is 20.4 Å². The van der Waals surface area contributed by atoms with Crippen LogP contribution in [-0.4, -0.2) is 31.6 Å². The van der Waals surface area contributed by atoms with E-state index in [-0.39, 0.29) is 5.56 Å². The summed E-state index contributed by atoms with van der Waals surface area (Å²) in [5, 5.41) is 8.67. The van der Waals surface area contributed by atoms with Gasteiger partial charge in [-0.25, -0.2) is 8.42 Å². The number of benzene rings is 1. The lowest BCUT2D eigenvalue weighted by atomic mass is 10.2. The summed E-state index contributed by atoms with van der Waals surface area (Å²) < 4.78 is 63.0. The van der Waals surface area contributed by atoms with Crippen LogP contribution in [0.3, 0.4) is 0 Å². The van der Waals surface area contributed by atoms with Gasteiger partial charge in [0, 0.05) is 0 Å². The molecule has 1 aromatic carbocycles. The van der Waals surface area contributed by atoms with Crippen LogP contribution in [0.1, 0.15) is 12.5 Å². The van der Waals surface area contributed by atoms with E-state index in [1.165, 1.54) is 19.1 Å². The van der Waals surface area contributed by atoms with Gasteiger partial charge in [-0.05, 0) is 17.7 Å². The number of ether oxygens (including phenoxy) is 1. The first-order valence-corrected chi connectivity index (χ1v) is 7.58. The Labute approximate surface area is 119 Å². The molecule has 0 aliphatic carbocycles. The number of aliphatic carboxylic acids is 1. The molecule has 0 aliphatic rings. The average Bonchev–Trinajstić information content (AvgIpc) is 2.28. The molecule has 1 atom stereocenters. The van der Waals surface area contributed by atoms with Crippen LogP contribution in [0.15, 0.2) is 24.3 Å². The molecule has 0 saturated carbocycles. The van der Waals surface area contributed by atoms with Gasteiger partial charge < -0.3 is 9.84 Å². The maximum Gasteiger partial charge on any atom is 0.573 e. The van der Waals surface area contributed by atoms with E-state index in [1.807, 2.05) is 0 Å². The molecule has 0 aliphatic heterocycles. The molecule has 0 amide bonds.